The quantitative estimate of drug-likeness (QED) is 0.359. The summed E-state index contributed by atoms with van der Waals surface area (Å²) in [4.78, 5) is 15.1. The molecule has 1 heterocycles. The molecule has 0 radical (unpaired) electrons. The Kier molecular flexibility index (Phi) is 6.66. The van der Waals surface area contributed by atoms with Crippen molar-refractivity contribution in [3.05, 3.63) is 40.5 Å². The summed E-state index contributed by atoms with van der Waals surface area (Å²) in [6.45, 7) is 0. The lowest BCUT2D eigenvalue weighted by atomic mass is 10.1. The molecule has 0 aliphatic heterocycles. The van der Waals surface area contributed by atoms with Gasteiger partial charge < -0.3 is 5.11 Å². The molecule has 102 valence electrons. The number of hydrogen-bond donors (Lipinski definition) is 1. The predicted octanol–water partition coefficient (Wildman–Crippen LogP) is 5.97. The number of pyridine rings is 1. The zero-order valence-corrected chi connectivity index (χ0v) is 16.3. The maximum Gasteiger partial charge on any atom is 0.336 e. The Morgan fingerprint density at radius 1 is 1.21 bits per heavy atom. The van der Waals surface area contributed by atoms with Gasteiger partial charge in [0, 0.05) is 51.9 Å². The molecule has 2 aromatic rings. The summed E-state index contributed by atoms with van der Waals surface area (Å²) >= 11 is 11.5. The first-order valence-electron chi connectivity index (χ1n) is 4.66. The van der Waals surface area contributed by atoms with Gasteiger partial charge in [0.15, 0.2) is 0 Å². The van der Waals surface area contributed by atoms with Crippen LogP contribution in [0.5, 0.6) is 0 Å². The number of carboxylic acid groups (broad SMARTS) is 1. The van der Waals surface area contributed by atoms with Crippen molar-refractivity contribution in [3.8, 4) is 0 Å². The SMILES string of the molecule is O=C(O)c1cc(Br)nc2ccccc12.O=P(Br)(Br)Br. The fourth-order valence-corrected chi connectivity index (χ4v) is 1.74. The maximum absolute atomic E-state index is 10.9. The van der Waals surface area contributed by atoms with Gasteiger partial charge in [0.25, 0.3) is 3.25 Å². The molecule has 1 aromatic carbocycles. The molecule has 0 amide bonds. The van der Waals surface area contributed by atoms with Crippen molar-refractivity contribution in [2.24, 2.45) is 0 Å². The molecule has 1 aromatic heterocycles. The van der Waals surface area contributed by atoms with Crippen LogP contribution in [0.1, 0.15) is 10.4 Å². The molecule has 19 heavy (non-hydrogen) atoms. The molecule has 0 saturated carbocycles. The van der Waals surface area contributed by atoms with Crippen molar-refractivity contribution in [2.75, 3.05) is 0 Å². The van der Waals surface area contributed by atoms with E-state index in [1.54, 1.807) is 18.2 Å². The minimum atomic E-state index is -2.20. The lowest BCUT2D eigenvalue weighted by molar-refractivity contribution is 0.0699. The smallest absolute Gasteiger partial charge is 0.336 e. The lowest BCUT2D eigenvalue weighted by Gasteiger charge is -2.01. The van der Waals surface area contributed by atoms with Crippen LogP contribution in [-0.2, 0) is 4.57 Å². The summed E-state index contributed by atoms with van der Waals surface area (Å²) in [5.41, 5.74) is 0.946. The average Bonchev–Trinajstić information content (AvgIpc) is 2.25. The molecule has 0 atom stereocenters. The van der Waals surface area contributed by atoms with Crippen LogP contribution in [-0.4, -0.2) is 16.1 Å². The molecular weight excluding hydrogens is 533 g/mol. The van der Waals surface area contributed by atoms with E-state index in [9.17, 15) is 9.36 Å². The van der Waals surface area contributed by atoms with Gasteiger partial charge in [-0.25, -0.2) is 9.78 Å². The molecular formula is C10H6Br4NO3P. The van der Waals surface area contributed by atoms with E-state index in [4.69, 9.17) is 5.11 Å². The zero-order valence-electron chi connectivity index (χ0n) is 9.06. The van der Waals surface area contributed by atoms with Crippen molar-refractivity contribution < 1.29 is 14.5 Å². The fraction of sp³-hybridized carbons (Fsp3) is 0. The topological polar surface area (TPSA) is 67.3 Å². The Hall–Kier alpha value is 0.250. The summed E-state index contributed by atoms with van der Waals surface area (Å²) in [7, 11) is 0. The van der Waals surface area contributed by atoms with Gasteiger partial charge in [-0.1, -0.05) is 18.2 Å². The van der Waals surface area contributed by atoms with Crippen molar-refractivity contribution in [1.29, 1.82) is 0 Å². The van der Waals surface area contributed by atoms with Gasteiger partial charge in [-0.3, -0.25) is 4.57 Å². The number of halogens is 4. The summed E-state index contributed by atoms with van der Waals surface area (Å²) in [6, 6.07) is 8.66. The number of carbonyl (C=O) groups is 1. The third kappa shape index (κ3) is 6.49. The summed E-state index contributed by atoms with van der Waals surface area (Å²) in [5, 5.41) is 9.61. The van der Waals surface area contributed by atoms with Gasteiger partial charge in [-0.05, 0) is 28.1 Å². The van der Waals surface area contributed by atoms with E-state index >= 15 is 0 Å². The molecule has 4 nitrogen and oxygen atoms in total. The van der Waals surface area contributed by atoms with Crippen LogP contribution in [0.2, 0.25) is 0 Å². The summed E-state index contributed by atoms with van der Waals surface area (Å²) < 4.78 is 8.30. The highest BCUT2D eigenvalue weighted by Gasteiger charge is 2.09. The van der Waals surface area contributed by atoms with Crippen molar-refractivity contribution in [2.45, 2.75) is 0 Å². The third-order valence-corrected chi connectivity index (χ3v) is 2.32. The highest BCUT2D eigenvalue weighted by molar-refractivity contribution is 9.94. The van der Waals surface area contributed by atoms with E-state index < -0.39 is 9.22 Å². The number of nitrogens with zero attached hydrogens (tertiary/aromatic N) is 1. The first-order valence-corrected chi connectivity index (χ1v) is 13.2. The molecule has 1 N–H and O–H groups in total. The van der Waals surface area contributed by atoms with E-state index in [1.807, 2.05) is 6.07 Å². The summed E-state index contributed by atoms with van der Waals surface area (Å²) in [6.07, 6.45) is 0. The van der Waals surface area contributed by atoms with Crippen LogP contribution in [0, 0.1) is 0 Å². The Morgan fingerprint density at radius 3 is 2.26 bits per heavy atom. The van der Waals surface area contributed by atoms with Crippen LogP contribution in [0.4, 0.5) is 0 Å². The fourth-order valence-electron chi connectivity index (χ4n) is 1.32. The number of hydrogen-bond acceptors (Lipinski definition) is 3. The second kappa shape index (κ2) is 7.31. The Labute approximate surface area is 141 Å². The molecule has 2 rings (SSSR count). The molecule has 0 spiro atoms. The number of rotatable bonds is 1. The minimum Gasteiger partial charge on any atom is -0.478 e. The Morgan fingerprint density at radius 2 is 1.74 bits per heavy atom. The second-order valence-corrected chi connectivity index (χ2v) is 22.4. The molecule has 0 aliphatic carbocycles. The van der Waals surface area contributed by atoms with Crippen LogP contribution in [0.15, 0.2) is 34.9 Å². The molecule has 9 heteroatoms. The maximum atomic E-state index is 10.9. The first-order chi connectivity index (χ1) is 8.68. The van der Waals surface area contributed by atoms with E-state index in [0.29, 0.717) is 15.5 Å². The summed E-state index contributed by atoms with van der Waals surface area (Å²) in [5.74, 6) is -0.940. The van der Waals surface area contributed by atoms with Crippen molar-refractivity contribution in [3.63, 3.8) is 0 Å². The van der Waals surface area contributed by atoms with Gasteiger partial charge in [0.1, 0.15) is 4.60 Å². The molecule has 0 fully saturated rings. The average molecular weight is 539 g/mol. The van der Waals surface area contributed by atoms with Gasteiger partial charge in [0.2, 0.25) is 0 Å². The first kappa shape index (κ1) is 17.3. The van der Waals surface area contributed by atoms with Crippen LogP contribution < -0.4 is 0 Å². The number of fused-ring (bicyclic) bond motifs is 1. The molecule has 0 aliphatic rings. The van der Waals surface area contributed by atoms with Gasteiger partial charge in [-0.15, -0.1) is 0 Å². The number of aromatic nitrogens is 1. The Balaban J connectivity index is 0.000000312. The van der Waals surface area contributed by atoms with Gasteiger partial charge >= 0.3 is 5.97 Å². The van der Waals surface area contributed by atoms with E-state index in [2.05, 4.69) is 67.4 Å². The number of carboxylic acids is 1. The molecule has 0 unspecified atom stereocenters. The number of aromatic carboxylic acids is 1. The van der Waals surface area contributed by atoms with Crippen molar-refractivity contribution >= 4 is 82.5 Å². The van der Waals surface area contributed by atoms with E-state index in [-0.39, 0.29) is 5.56 Å². The predicted molar refractivity (Wildman–Crippen MR) is 90.8 cm³/mol. The van der Waals surface area contributed by atoms with Crippen LogP contribution in [0.25, 0.3) is 10.9 Å². The van der Waals surface area contributed by atoms with E-state index in [1.165, 1.54) is 6.07 Å². The van der Waals surface area contributed by atoms with Crippen molar-refractivity contribution in [1.82, 2.24) is 4.98 Å². The van der Waals surface area contributed by atoms with E-state index in [0.717, 1.165) is 0 Å². The lowest BCUT2D eigenvalue weighted by Crippen LogP contribution is -1.98. The van der Waals surface area contributed by atoms with Gasteiger partial charge in [-0.2, -0.15) is 0 Å². The molecule has 0 bridgehead atoms. The molecule has 0 saturated heterocycles. The second-order valence-electron chi connectivity index (χ2n) is 3.21. The highest BCUT2D eigenvalue weighted by Crippen LogP contribution is 2.68. The van der Waals surface area contributed by atoms with Crippen LogP contribution in [0.3, 0.4) is 0 Å². The zero-order chi connectivity index (χ0) is 14.6. The van der Waals surface area contributed by atoms with Crippen LogP contribution >= 0.6 is 65.6 Å². The number of benzene rings is 1. The third-order valence-electron chi connectivity index (χ3n) is 1.92. The normalized spacial score (nSPS) is 10.7. The number of para-hydroxylation sites is 1. The largest absolute Gasteiger partial charge is 0.478 e. The van der Waals surface area contributed by atoms with Gasteiger partial charge in [0.05, 0.1) is 11.1 Å². The minimum absolute atomic E-state index is 0.266. The standard InChI is InChI=1S/C10H6BrNO2.Br3OP/c11-9-5-7(10(13)14)6-3-1-2-4-8(6)12-9;1-5(2,3)4/h1-5H,(H,13,14);. The monoisotopic (exact) mass is 535 g/mol. The highest BCUT2D eigenvalue weighted by atomic mass is 80.0. The Bertz CT molecular complexity index is 650.